The fourth-order valence-corrected chi connectivity index (χ4v) is 2.20. The first kappa shape index (κ1) is 19.4. The van der Waals surface area contributed by atoms with Crippen LogP contribution in [0.25, 0.3) is 0 Å². The molecule has 130 valence electrons. The van der Waals surface area contributed by atoms with Crippen molar-refractivity contribution in [2.45, 2.75) is 39.5 Å². The molecule has 0 aliphatic heterocycles. The van der Waals surface area contributed by atoms with Crippen LogP contribution in [0.2, 0.25) is 0 Å². The first-order chi connectivity index (χ1) is 11.1. The van der Waals surface area contributed by atoms with Crippen LogP contribution >= 0.6 is 0 Å². The lowest BCUT2D eigenvalue weighted by atomic mass is 10.2. The third-order valence-corrected chi connectivity index (χ3v) is 3.57. The Kier molecular flexibility index (Phi) is 9.21. The number of rotatable bonds is 10. The average molecular weight is 327 g/mol. The van der Waals surface area contributed by atoms with Crippen molar-refractivity contribution in [3.8, 4) is 0 Å². The van der Waals surface area contributed by atoms with Gasteiger partial charge in [0.1, 0.15) is 17.3 Å². The smallest absolute Gasteiger partial charge is 0.319 e. The molecule has 0 aliphatic rings. The Labute approximate surface area is 137 Å². The van der Waals surface area contributed by atoms with Crippen molar-refractivity contribution in [1.29, 1.82) is 0 Å². The van der Waals surface area contributed by atoms with E-state index in [0.29, 0.717) is 6.54 Å². The number of halogens is 2. The van der Waals surface area contributed by atoms with E-state index in [4.69, 9.17) is 0 Å². The van der Waals surface area contributed by atoms with Crippen LogP contribution in [0.3, 0.4) is 0 Å². The highest BCUT2D eigenvalue weighted by Crippen LogP contribution is 2.17. The molecule has 0 saturated heterocycles. The number of urea groups is 1. The van der Waals surface area contributed by atoms with E-state index in [9.17, 15) is 13.6 Å². The predicted octanol–water partition coefficient (Wildman–Crippen LogP) is 3.99. The highest BCUT2D eigenvalue weighted by molar-refractivity contribution is 5.89. The van der Waals surface area contributed by atoms with Crippen molar-refractivity contribution < 1.29 is 13.6 Å². The van der Waals surface area contributed by atoms with Gasteiger partial charge in [-0.15, -0.1) is 0 Å². The summed E-state index contributed by atoms with van der Waals surface area (Å²) in [4.78, 5) is 14.1. The molecule has 0 fully saturated rings. The van der Waals surface area contributed by atoms with Crippen molar-refractivity contribution in [1.82, 2.24) is 10.2 Å². The molecule has 0 aliphatic carbocycles. The van der Waals surface area contributed by atoms with Gasteiger partial charge in [-0.25, -0.2) is 13.6 Å². The summed E-state index contributed by atoms with van der Waals surface area (Å²) in [5, 5.41) is 4.86. The van der Waals surface area contributed by atoms with E-state index in [0.717, 1.165) is 57.5 Å². The van der Waals surface area contributed by atoms with Crippen LogP contribution in [-0.2, 0) is 0 Å². The first-order valence-corrected chi connectivity index (χ1v) is 8.29. The van der Waals surface area contributed by atoms with Crippen LogP contribution in [0.4, 0.5) is 19.3 Å². The van der Waals surface area contributed by atoms with E-state index in [1.165, 1.54) is 6.07 Å². The van der Waals surface area contributed by atoms with Crippen LogP contribution in [-0.4, -0.2) is 37.1 Å². The van der Waals surface area contributed by atoms with E-state index < -0.39 is 23.4 Å². The lowest BCUT2D eigenvalue weighted by molar-refractivity contribution is 0.242. The minimum absolute atomic E-state index is 0.418. The molecule has 0 heterocycles. The Hall–Kier alpha value is -1.69. The molecule has 0 saturated carbocycles. The van der Waals surface area contributed by atoms with Gasteiger partial charge in [-0.2, -0.15) is 0 Å². The zero-order valence-corrected chi connectivity index (χ0v) is 14.0. The van der Waals surface area contributed by atoms with Gasteiger partial charge in [0.05, 0.1) is 0 Å². The van der Waals surface area contributed by atoms with Gasteiger partial charge in [0.15, 0.2) is 0 Å². The van der Waals surface area contributed by atoms with Gasteiger partial charge >= 0.3 is 6.03 Å². The number of hydrogen-bond acceptors (Lipinski definition) is 2. The lowest BCUT2D eigenvalue weighted by Gasteiger charge is -2.22. The Morgan fingerprint density at radius 2 is 1.61 bits per heavy atom. The molecule has 0 atom stereocenters. The maximum Gasteiger partial charge on any atom is 0.319 e. The van der Waals surface area contributed by atoms with E-state index in [-0.39, 0.29) is 0 Å². The summed E-state index contributed by atoms with van der Waals surface area (Å²) in [6.07, 6.45) is 4.50. The molecule has 0 unspecified atom stereocenters. The molecular formula is C17H27F2N3O. The van der Waals surface area contributed by atoms with Gasteiger partial charge in [0.2, 0.25) is 0 Å². The molecule has 23 heavy (non-hydrogen) atoms. The fraction of sp³-hybridized carbons (Fsp3) is 0.588. The van der Waals surface area contributed by atoms with Gasteiger partial charge in [0, 0.05) is 13.1 Å². The van der Waals surface area contributed by atoms with Crippen LogP contribution in [0.15, 0.2) is 18.2 Å². The van der Waals surface area contributed by atoms with E-state index in [2.05, 4.69) is 29.4 Å². The average Bonchev–Trinajstić information content (AvgIpc) is 2.53. The van der Waals surface area contributed by atoms with Crippen LogP contribution in [0, 0.1) is 11.6 Å². The quantitative estimate of drug-likeness (QED) is 0.682. The van der Waals surface area contributed by atoms with Gasteiger partial charge in [-0.1, -0.05) is 32.8 Å². The highest BCUT2D eigenvalue weighted by Gasteiger charge is 2.11. The molecule has 1 rings (SSSR count). The topological polar surface area (TPSA) is 44.4 Å². The monoisotopic (exact) mass is 327 g/mol. The van der Waals surface area contributed by atoms with Crippen LogP contribution in [0.5, 0.6) is 0 Å². The standard InChI is InChI=1S/C17H27F2N3O/c1-3-5-11-22(12-6-4-2)13-10-20-17(23)21-16-14(18)8-7-9-15(16)19/h7-9H,3-6,10-13H2,1-2H3,(H2,20,21,23). The molecule has 6 heteroatoms. The molecule has 2 amide bonds. The summed E-state index contributed by atoms with van der Waals surface area (Å²) in [5.41, 5.74) is -0.418. The van der Waals surface area contributed by atoms with Crippen molar-refractivity contribution in [2.75, 3.05) is 31.5 Å². The van der Waals surface area contributed by atoms with Crippen molar-refractivity contribution >= 4 is 11.7 Å². The minimum atomic E-state index is -0.785. The van der Waals surface area contributed by atoms with Crippen LogP contribution < -0.4 is 10.6 Å². The van der Waals surface area contributed by atoms with Gasteiger partial charge < -0.3 is 15.5 Å². The number of amides is 2. The maximum absolute atomic E-state index is 13.4. The number of benzene rings is 1. The number of unbranched alkanes of at least 4 members (excludes halogenated alkanes) is 2. The van der Waals surface area contributed by atoms with E-state index >= 15 is 0 Å². The van der Waals surface area contributed by atoms with E-state index in [1.54, 1.807) is 0 Å². The third kappa shape index (κ3) is 7.41. The molecule has 2 N–H and O–H groups in total. The van der Waals surface area contributed by atoms with Crippen molar-refractivity contribution in [3.05, 3.63) is 29.8 Å². The number of para-hydroxylation sites is 1. The first-order valence-electron chi connectivity index (χ1n) is 8.29. The summed E-state index contributed by atoms with van der Waals surface area (Å²) in [6, 6.07) is 2.87. The Morgan fingerprint density at radius 1 is 1.04 bits per heavy atom. The second kappa shape index (κ2) is 10.9. The molecule has 1 aromatic rings. The molecule has 0 spiro atoms. The molecule has 0 bridgehead atoms. The molecule has 4 nitrogen and oxygen atoms in total. The van der Waals surface area contributed by atoms with Gasteiger partial charge in [-0.05, 0) is 38.1 Å². The summed E-state index contributed by atoms with van der Waals surface area (Å²) in [5.74, 6) is -1.57. The van der Waals surface area contributed by atoms with Gasteiger partial charge in [-0.3, -0.25) is 0 Å². The number of nitrogens with one attached hydrogen (secondary N) is 2. The number of anilines is 1. The zero-order chi connectivity index (χ0) is 17.1. The molecule has 0 aromatic heterocycles. The predicted molar refractivity (Wildman–Crippen MR) is 89.6 cm³/mol. The Balaban J connectivity index is 2.39. The normalized spacial score (nSPS) is 10.8. The second-order valence-corrected chi connectivity index (χ2v) is 5.53. The Morgan fingerprint density at radius 3 is 2.13 bits per heavy atom. The summed E-state index contributed by atoms with van der Waals surface area (Å²) in [7, 11) is 0. The SMILES string of the molecule is CCCCN(CCCC)CCNC(=O)Nc1c(F)cccc1F. The van der Waals surface area contributed by atoms with E-state index in [1.807, 2.05) is 0 Å². The van der Waals surface area contributed by atoms with Crippen molar-refractivity contribution in [2.24, 2.45) is 0 Å². The minimum Gasteiger partial charge on any atom is -0.337 e. The number of carbonyl (C=O) groups is 1. The summed E-state index contributed by atoms with van der Waals surface area (Å²) < 4.78 is 26.9. The zero-order valence-electron chi connectivity index (χ0n) is 14.0. The second-order valence-electron chi connectivity index (χ2n) is 5.53. The number of nitrogens with zero attached hydrogens (tertiary/aromatic N) is 1. The largest absolute Gasteiger partial charge is 0.337 e. The lowest BCUT2D eigenvalue weighted by Crippen LogP contribution is -2.38. The summed E-state index contributed by atoms with van der Waals surface area (Å²) >= 11 is 0. The summed E-state index contributed by atoms with van der Waals surface area (Å²) in [6.45, 7) is 7.46. The number of carbonyl (C=O) groups excluding carboxylic acids is 1. The number of hydrogen-bond donors (Lipinski definition) is 2. The van der Waals surface area contributed by atoms with Crippen LogP contribution in [0.1, 0.15) is 39.5 Å². The van der Waals surface area contributed by atoms with Gasteiger partial charge in [0.25, 0.3) is 0 Å². The third-order valence-electron chi connectivity index (χ3n) is 3.57. The molecule has 1 aromatic carbocycles. The molecule has 0 radical (unpaired) electrons. The molecular weight excluding hydrogens is 300 g/mol. The highest BCUT2D eigenvalue weighted by atomic mass is 19.1. The fourth-order valence-electron chi connectivity index (χ4n) is 2.20. The Bertz CT molecular complexity index is 455. The maximum atomic E-state index is 13.4. The van der Waals surface area contributed by atoms with Crippen molar-refractivity contribution in [3.63, 3.8) is 0 Å².